The summed E-state index contributed by atoms with van der Waals surface area (Å²) in [6, 6.07) is 15.2. The molecule has 7 nitrogen and oxygen atoms in total. The van der Waals surface area contributed by atoms with Gasteiger partial charge in [0.1, 0.15) is 23.7 Å². The Morgan fingerprint density at radius 2 is 1.74 bits per heavy atom. The lowest BCUT2D eigenvalue weighted by molar-refractivity contribution is -0.122. The molecule has 2 N–H and O–H groups in total. The zero-order valence-corrected chi connectivity index (χ0v) is 21.1. The quantitative estimate of drug-likeness (QED) is 0.282. The first-order chi connectivity index (χ1) is 16.2. The van der Waals surface area contributed by atoms with Gasteiger partial charge in [-0.15, -0.1) is 0 Å². The number of ether oxygens (including phenoxy) is 1. The predicted molar refractivity (Wildman–Crippen MR) is 135 cm³/mol. The monoisotopic (exact) mass is 604 g/mol. The van der Waals surface area contributed by atoms with Crippen molar-refractivity contribution >= 4 is 73.1 Å². The van der Waals surface area contributed by atoms with Gasteiger partial charge in [-0.25, -0.2) is 9.69 Å². The molecule has 4 rings (SSSR count). The summed E-state index contributed by atoms with van der Waals surface area (Å²) in [6.07, 6.45) is 1.36. The van der Waals surface area contributed by atoms with E-state index in [-0.39, 0.29) is 23.6 Å². The Bertz CT molecular complexity index is 1340. The second-order valence-corrected chi connectivity index (χ2v) is 9.34. The maximum Gasteiger partial charge on any atom is 0.335 e. The molecule has 1 heterocycles. The van der Waals surface area contributed by atoms with E-state index in [1.807, 2.05) is 18.2 Å². The standard InChI is InChI=1S/C24H15Br2ClN2O5/c25-15-9-14(21(19(26)11-15)34-12-13-3-1-2-4-20(13)27)10-18-22(31)28-24(33)29(23(18)32)16-5-7-17(30)8-6-16/h1-11,30H,12H2,(H,28,31,33)/b18-10+. The molecule has 1 aliphatic heterocycles. The SMILES string of the molecule is O=C1NC(=O)N(c2ccc(O)cc2)C(=O)/C1=C/c1cc(Br)cc(Br)c1OCc1ccccc1Cl. The Labute approximate surface area is 216 Å². The van der Waals surface area contributed by atoms with Crippen LogP contribution < -0.4 is 15.0 Å². The van der Waals surface area contributed by atoms with Crippen molar-refractivity contribution in [1.82, 2.24) is 5.32 Å². The molecule has 1 saturated heterocycles. The van der Waals surface area contributed by atoms with E-state index in [2.05, 4.69) is 37.2 Å². The summed E-state index contributed by atoms with van der Waals surface area (Å²) >= 11 is 13.1. The van der Waals surface area contributed by atoms with Gasteiger partial charge in [0, 0.05) is 20.6 Å². The molecule has 0 spiro atoms. The van der Waals surface area contributed by atoms with E-state index in [0.717, 1.165) is 10.5 Å². The number of nitrogens with zero attached hydrogens (tertiary/aromatic N) is 1. The lowest BCUT2D eigenvalue weighted by atomic mass is 10.1. The summed E-state index contributed by atoms with van der Waals surface area (Å²) in [6.45, 7) is 0.147. The van der Waals surface area contributed by atoms with E-state index in [1.165, 1.54) is 30.3 Å². The third-order valence-electron chi connectivity index (χ3n) is 4.88. The minimum atomic E-state index is -0.886. The molecule has 172 valence electrons. The lowest BCUT2D eigenvalue weighted by Crippen LogP contribution is -2.54. The van der Waals surface area contributed by atoms with Crippen molar-refractivity contribution in [3.63, 3.8) is 0 Å². The average Bonchev–Trinajstić information content (AvgIpc) is 2.78. The van der Waals surface area contributed by atoms with Gasteiger partial charge in [0.15, 0.2) is 0 Å². The van der Waals surface area contributed by atoms with Gasteiger partial charge in [-0.05, 0) is 64.5 Å². The highest BCUT2D eigenvalue weighted by Gasteiger charge is 2.37. The Morgan fingerprint density at radius 1 is 1.03 bits per heavy atom. The number of halogens is 3. The molecule has 3 aromatic rings. The number of carbonyl (C=O) groups is 3. The fourth-order valence-electron chi connectivity index (χ4n) is 3.25. The molecule has 0 aromatic heterocycles. The van der Waals surface area contributed by atoms with E-state index in [4.69, 9.17) is 16.3 Å². The first-order valence-electron chi connectivity index (χ1n) is 9.80. The summed E-state index contributed by atoms with van der Waals surface area (Å²) in [5.41, 5.74) is 1.12. The van der Waals surface area contributed by atoms with Crippen LogP contribution in [0.4, 0.5) is 10.5 Å². The summed E-state index contributed by atoms with van der Waals surface area (Å²) in [5, 5.41) is 12.2. The lowest BCUT2D eigenvalue weighted by Gasteiger charge is -2.26. The molecular formula is C24H15Br2ClN2O5. The Kier molecular flexibility index (Phi) is 7.06. The van der Waals surface area contributed by atoms with Crippen molar-refractivity contribution in [2.24, 2.45) is 0 Å². The number of hydrogen-bond donors (Lipinski definition) is 2. The maximum atomic E-state index is 13.2. The molecule has 0 aliphatic carbocycles. The zero-order valence-electron chi connectivity index (χ0n) is 17.2. The summed E-state index contributed by atoms with van der Waals surface area (Å²) in [7, 11) is 0. The number of amides is 4. The van der Waals surface area contributed by atoms with E-state index < -0.39 is 17.8 Å². The highest BCUT2D eigenvalue weighted by atomic mass is 79.9. The van der Waals surface area contributed by atoms with Crippen LogP contribution in [0, 0.1) is 0 Å². The van der Waals surface area contributed by atoms with Crippen molar-refractivity contribution in [3.8, 4) is 11.5 Å². The van der Waals surface area contributed by atoms with Crippen molar-refractivity contribution < 1.29 is 24.2 Å². The van der Waals surface area contributed by atoms with Crippen LogP contribution in [0.3, 0.4) is 0 Å². The largest absolute Gasteiger partial charge is 0.508 e. The summed E-state index contributed by atoms with van der Waals surface area (Å²) < 4.78 is 7.25. The number of carbonyl (C=O) groups excluding carboxylic acids is 3. The normalized spacial score (nSPS) is 15.0. The fourth-order valence-corrected chi connectivity index (χ4v) is 4.82. The molecular weight excluding hydrogens is 592 g/mol. The highest BCUT2D eigenvalue weighted by Crippen LogP contribution is 2.36. The molecule has 0 saturated carbocycles. The summed E-state index contributed by atoms with van der Waals surface area (Å²) in [4.78, 5) is 39.0. The van der Waals surface area contributed by atoms with Crippen molar-refractivity contribution in [1.29, 1.82) is 0 Å². The molecule has 3 aromatic carbocycles. The number of aromatic hydroxyl groups is 1. The van der Waals surface area contributed by atoms with E-state index >= 15 is 0 Å². The first kappa shape index (κ1) is 24.0. The van der Waals surface area contributed by atoms with Crippen molar-refractivity contribution in [3.05, 3.63) is 91.3 Å². The van der Waals surface area contributed by atoms with E-state index in [9.17, 15) is 19.5 Å². The molecule has 0 bridgehead atoms. The molecule has 0 radical (unpaired) electrons. The minimum absolute atomic E-state index is 0.0280. The number of barbiturate groups is 1. The number of benzene rings is 3. The number of hydrogen-bond acceptors (Lipinski definition) is 5. The second-order valence-electron chi connectivity index (χ2n) is 7.16. The molecule has 10 heteroatoms. The van der Waals surface area contributed by atoms with Crippen LogP contribution in [0.15, 0.2) is 75.2 Å². The number of anilines is 1. The van der Waals surface area contributed by atoms with E-state index in [0.29, 0.717) is 25.3 Å². The highest BCUT2D eigenvalue weighted by molar-refractivity contribution is 9.11. The number of phenols is 1. The molecule has 1 fully saturated rings. The van der Waals surface area contributed by atoms with Crippen LogP contribution >= 0.6 is 43.5 Å². The number of rotatable bonds is 5. The predicted octanol–water partition coefficient (Wildman–Crippen LogP) is 5.82. The molecule has 34 heavy (non-hydrogen) atoms. The third-order valence-corrected chi connectivity index (χ3v) is 6.29. The number of nitrogens with one attached hydrogen (secondary N) is 1. The number of imide groups is 2. The molecule has 0 unspecified atom stereocenters. The van der Waals surface area contributed by atoms with E-state index in [1.54, 1.807) is 18.2 Å². The second kappa shape index (κ2) is 10.0. The number of phenolic OH excluding ortho intramolecular Hbond substituents is 1. The first-order valence-corrected chi connectivity index (χ1v) is 11.8. The van der Waals surface area contributed by atoms with Gasteiger partial charge in [-0.3, -0.25) is 14.9 Å². The van der Waals surface area contributed by atoms with Crippen LogP contribution in [0.25, 0.3) is 6.08 Å². The Hall–Kier alpha value is -3.14. The number of urea groups is 1. The van der Waals surface area contributed by atoms with Gasteiger partial charge in [0.2, 0.25) is 0 Å². The van der Waals surface area contributed by atoms with Crippen LogP contribution in [0.2, 0.25) is 5.02 Å². The van der Waals surface area contributed by atoms with Gasteiger partial charge in [0.25, 0.3) is 11.8 Å². The minimum Gasteiger partial charge on any atom is -0.508 e. The fraction of sp³-hybridized carbons (Fsp3) is 0.0417. The van der Waals surface area contributed by atoms with Gasteiger partial charge >= 0.3 is 6.03 Å². The molecule has 4 amide bonds. The summed E-state index contributed by atoms with van der Waals surface area (Å²) in [5.74, 6) is -1.30. The molecule has 1 aliphatic rings. The third kappa shape index (κ3) is 5.01. The van der Waals surface area contributed by atoms with Crippen LogP contribution in [-0.2, 0) is 16.2 Å². The van der Waals surface area contributed by atoms with Gasteiger partial charge in [-0.2, -0.15) is 0 Å². The average molecular weight is 607 g/mol. The molecule has 0 atom stereocenters. The van der Waals surface area contributed by atoms with Crippen LogP contribution in [0.1, 0.15) is 11.1 Å². The van der Waals surface area contributed by atoms with Crippen LogP contribution in [-0.4, -0.2) is 23.0 Å². The Balaban J connectivity index is 1.72. The Morgan fingerprint density at radius 3 is 2.44 bits per heavy atom. The zero-order chi connectivity index (χ0) is 24.4. The van der Waals surface area contributed by atoms with Crippen molar-refractivity contribution in [2.45, 2.75) is 6.61 Å². The van der Waals surface area contributed by atoms with Gasteiger partial charge in [0.05, 0.1) is 10.2 Å². The van der Waals surface area contributed by atoms with Crippen molar-refractivity contribution in [2.75, 3.05) is 4.90 Å². The van der Waals surface area contributed by atoms with Gasteiger partial charge < -0.3 is 9.84 Å². The smallest absolute Gasteiger partial charge is 0.335 e. The van der Waals surface area contributed by atoms with Crippen LogP contribution in [0.5, 0.6) is 11.5 Å². The maximum absolute atomic E-state index is 13.2. The van der Waals surface area contributed by atoms with Gasteiger partial charge in [-0.1, -0.05) is 45.7 Å². The topological polar surface area (TPSA) is 95.9 Å².